The number of hydrogen-bond acceptors (Lipinski definition) is 3. The normalized spacial score (nSPS) is 28.4. The highest BCUT2D eigenvalue weighted by atomic mass is 16.3. The minimum atomic E-state index is -0.615. The van der Waals surface area contributed by atoms with E-state index in [4.69, 9.17) is 0 Å². The Labute approximate surface area is 123 Å². The first-order chi connectivity index (χ1) is 9.36. The molecule has 1 aliphatic carbocycles. The van der Waals surface area contributed by atoms with E-state index in [1.165, 1.54) is 6.42 Å². The first-order valence-electron chi connectivity index (χ1n) is 8.08. The van der Waals surface area contributed by atoms with Crippen molar-refractivity contribution in [3.8, 4) is 0 Å². The van der Waals surface area contributed by atoms with Crippen LogP contribution >= 0.6 is 0 Å². The molecule has 0 aromatic carbocycles. The van der Waals surface area contributed by atoms with Gasteiger partial charge in [-0.25, -0.2) is 0 Å². The van der Waals surface area contributed by atoms with E-state index < -0.39 is 5.60 Å². The highest BCUT2D eigenvalue weighted by molar-refractivity contribution is 5.78. The molecule has 3 N–H and O–H groups in total. The molecule has 4 heteroatoms. The van der Waals surface area contributed by atoms with Gasteiger partial charge in [0.1, 0.15) is 0 Å². The number of nitrogens with one attached hydrogen (secondary N) is 2. The summed E-state index contributed by atoms with van der Waals surface area (Å²) in [5.41, 5.74) is -0.615. The summed E-state index contributed by atoms with van der Waals surface area (Å²) >= 11 is 0. The Morgan fingerprint density at radius 2 is 1.90 bits per heavy atom. The van der Waals surface area contributed by atoms with E-state index in [0.717, 1.165) is 31.6 Å². The van der Waals surface area contributed by atoms with Crippen molar-refractivity contribution in [3.63, 3.8) is 0 Å². The Kier molecular flexibility index (Phi) is 6.96. The highest BCUT2D eigenvalue weighted by Crippen LogP contribution is 2.33. The average molecular weight is 284 g/mol. The lowest BCUT2D eigenvalue weighted by molar-refractivity contribution is -0.121. The quantitative estimate of drug-likeness (QED) is 0.670. The molecule has 20 heavy (non-hydrogen) atoms. The van der Waals surface area contributed by atoms with Crippen LogP contribution in [-0.2, 0) is 4.79 Å². The molecular formula is C16H32N2O2. The first kappa shape index (κ1) is 17.4. The van der Waals surface area contributed by atoms with Crippen molar-refractivity contribution in [2.75, 3.05) is 13.1 Å². The largest absolute Gasteiger partial charge is 0.389 e. The van der Waals surface area contributed by atoms with Crippen molar-refractivity contribution < 1.29 is 9.90 Å². The summed E-state index contributed by atoms with van der Waals surface area (Å²) in [4.78, 5) is 11.7. The smallest absolute Gasteiger partial charge is 0.234 e. The molecule has 0 spiro atoms. The fourth-order valence-corrected chi connectivity index (χ4v) is 2.68. The van der Waals surface area contributed by atoms with Gasteiger partial charge >= 0.3 is 0 Å². The molecule has 1 unspecified atom stereocenters. The van der Waals surface area contributed by atoms with Crippen LogP contribution in [0, 0.1) is 11.8 Å². The van der Waals surface area contributed by atoms with Crippen LogP contribution in [0.25, 0.3) is 0 Å². The van der Waals surface area contributed by atoms with E-state index in [1.807, 2.05) is 6.92 Å². The van der Waals surface area contributed by atoms with Crippen molar-refractivity contribution in [2.24, 2.45) is 11.8 Å². The zero-order chi connectivity index (χ0) is 15.2. The average Bonchev–Trinajstić information content (AvgIpc) is 2.39. The SMILES string of the molecule is CCC1CCC(O)(CNCC(=O)NC(C)C(C)C)CC1. The second-order valence-corrected chi connectivity index (χ2v) is 6.78. The molecule has 0 aromatic heterocycles. The Balaban J connectivity index is 2.22. The maximum absolute atomic E-state index is 11.7. The van der Waals surface area contributed by atoms with Crippen LogP contribution in [0.3, 0.4) is 0 Å². The van der Waals surface area contributed by atoms with E-state index in [1.54, 1.807) is 0 Å². The molecule has 118 valence electrons. The molecular weight excluding hydrogens is 252 g/mol. The van der Waals surface area contributed by atoms with E-state index in [-0.39, 0.29) is 18.5 Å². The van der Waals surface area contributed by atoms with Crippen molar-refractivity contribution in [1.29, 1.82) is 0 Å². The molecule has 0 aliphatic heterocycles. The van der Waals surface area contributed by atoms with Gasteiger partial charge in [0.05, 0.1) is 12.1 Å². The maximum Gasteiger partial charge on any atom is 0.234 e. The number of aliphatic hydroxyl groups is 1. The van der Waals surface area contributed by atoms with Gasteiger partial charge in [-0.3, -0.25) is 4.79 Å². The Morgan fingerprint density at radius 3 is 2.40 bits per heavy atom. The third-order valence-corrected chi connectivity index (χ3v) is 4.74. The van der Waals surface area contributed by atoms with Gasteiger partial charge < -0.3 is 15.7 Å². The molecule has 0 radical (unpaired) electrons. The molecule has 1 aliphatic rings. The molecule has 1 saturated carbocycles. The minimum Gasteiger partial charge on any atom is -0.389 e. The summed E-state index contributed by atoms with van der Waals surface area (Å²) in [6.07, 6.45) is 5.11. The summed E-state index contributed by atoms with van der Waals surface area (Å²) < 4.78 is 0. The van der Waals surface area contributed by atoms with Crippen molar-refractivity contribution in [1.82, 2.24) is 10.6 Å². The Morgan fingerprint density at radius 1 is 1.30 bits per heavy atom. The molecule has 1 atom stereocenters. The van der Waals surface area contributed by atoms with E-state index >= 15 is 0 Å². The van der Waals surface area contributed by atoms with Crippen LogP contribution < -0.4 is 10.6 Å². The van der Waals surface area contributed by atoms with Crippen LogP contribution in [0.4, 0.5) is 0 Å². The van der Waals surface area contributed by atoms with Crippen LogP contribution in [0.15, 0.2) is 0 Å². The Bertz CT molecular complexity index is 297. The minimum absolute atomic E-state index is 0.0112. The molecule has 0 heterocycles. The second kappa shape index (κ2) is 7.99. The van der Waals surface area contributed by atoms with Crippen LogP contribution in [0.1, 0.15) is 59.8 Å². The zero-order valence-electron chi connectivity index (χ0n) is 13.5. The number of hydrogen-bond donors (Lipinski definition) is 3. The first-order valence-corrected chi connectivity index (χ1v) is 8.08. The van der Waals surface area contributed by atoms with Crippen LogP contribution in [-0.4, -0.2) is 35.7 Å². The van der Waals surface area contributed by atoms with Gasteiger partial charge in [-0.2, -0.15) is 0 Å². The van der Waals surface area contributed by atoms with Crippen molar-refractivity contribution in [2.45, 2.75) is 71.4 Å². The van der Waals surface area contributed by atoms with Gasteiger partial charge in [0, 0.05) is 12.6 Å². The number of carbonyl (C=O) groups is 1. The number of carbonyl (C=O) groups excluding carboxylic acids is 1. The van der Waals surface area contributed by atoms with Crippen LogP contribution in [0.5, 0.6) is 0 Å². The second-order valence-electron chi connectivity index (χ2n) is 6.78. The molecule has 1 rings (SSSR count). The predicted octanol–water partition coefficient (Wildman–Crippen LogP) is 2.07. The summed E-state index contributed by atoms with van der Waals surface area (Å²) in [6.45, 7) is 9.22. The fourth-order valence-electron chi connectivity index (χ4n) is 2.68. The number of rotatable bonds is 7. The Hall–Kier alpha value is -0.610. The lowest BCUT2D eigenvalue weighted by Gasteiger charge is -2.36. The standard InChI is InChI=1S/C16H32N2O2/c1-5-14-6-8-16(20,9-7-14)11-17-10-15(19)18-13(4)12(2)3/h12-14,17,20H,5-11H2,1-4H3,(H,18,19). The van der Waals surface area contributed by atoms with Gasteiger partial charge in [-0.15, -0.1) is 0 Å². The lowest BCUT2D eigenvalue weighted by atomic mass is 9.78. The zero-order valence-corrected chi connectivity index (χ0v) is 13.5. The third kappa shape index (κ3) is 5.80. The van der Waals surface area contributed by atoms with Gasteiger partial charge in [0.15, 0.2) is 0 Å². The van der Waals surface area contributed by atoms with Crippen molar-refractivity contribution in [3.05, 3.63) is 0 Å². The summed E-state index contributed by atoms with van der Waals surface area (Å²) in [5, 5.41) is 16.5. The van der Waals surface area contributed by atoms with Crippen LogP contribution in [0.2, 0.25) is 0 Å². The highest BCUT2D eigenvalue weighted by Gasteiger charge is 2.32. The summed E-state index contributed by atoms with van der Waals surface area (Å²) in [5.74, 6) is 1.22. The lowest BCUT2D eigenvalue weighted by Crippen LogP contribution is -2.47. The van der Waals surface area contributed by atoms with E-state index in [9.17, 15) is 9.90 Å². The number of amides is 1. The summed E-state index contributed by atoms with van der Waals surface area (Å²) in [7, 11) is 0. The molecule has 1 fully saturated rings. The predicted molar refractivity (Wildman–Crippen MR) is 82.5 cm³/mol. The molecule has 0 saturated heterocycles. The van der Waals surface area contributed by atoms with Gasteiger partial charge in [0.25, 0.3) is 0 Å². The van der Waals surface area contributed by atoms with Crippen molar-refractivity contribution >= 4 is 5.91 Å². The van der Waals surface area contributed by atoms with E-state index in [0.29, 0.717) is 12.5 Å². The maximum atomic E-state index is 11.7. The molecule has 0 aromatic rings. The molecule has 0 bridgehead atoms. The topological polar surface area (TPSA) is 61.4 Å². The molecule has 1 amide bonds. The summed E-state index contributed by atoms with van der Waals surface area (Å²) in [6, 6.07) is 0.187. The monoisotopic (exact) mass is 284 g/mol. The molecule has 4 nitrogen and oxygen atoms in total. The third-order valence-electron chi connectivity index (χ3n) is 4.74. The van der Waals surface area contributed by atoms with Gasteiger partial charge in [-0.05, 0) is 44.4 Å². The fraction of sp³-hybridized carbons (Fsp3) is 0.938. The van der Waals surface area contributed by atoms with E-state index in [2.05, 4.69) is 31.4 Å². The van der Waals surface area contributed by atoms with Gasteiger partial charge in [0.2, 0.25) is 5.91 Å². The van der Waals surface area contributed by atoms with Gasteiger partial charge in [-0.1, -0.05) is 27.2 Å².